The molecule has 3 fully saturated rings. The van der Waals surface area contributed by atoms with Crippen LogP contribution < -0.4 is 9.64 Å². The topological polar surface area (TPSA) is 53.1 Å². The Kier molecular flexibility index (Phi) is 8.51. The molecule has 3 unspecified atom stereocenters. The number of hydrogen-bond donors (Lipinski definition) is 0. The van der Waals surface area contributed by atoms with E-state index in [0.29, 0.717) is 26.1 Å². The van der Waals surface area contributed by atoms with Crippen molar-refractivity contribution in [2.24, 2.45) is 5.92 Å². The molecule has 2 saturated heterocycles. The molecule has 0 spiro atoms. The number of hydrogen-bond acceptors (Lipinski definition) is 5. The summed E-state index contributed by atoms with van der Waals surface area (Å²) < 4.78 is 18.9. The van der Waals surface area contributed by atoms with E-state index in [1.807, 2.05) is 58.3 Å². The number of carbonyl (C=O) groups excluding carboxylic acids is 2. The van der Waals surface area contributed by atoms with Crippen LogP contribution in [0.1, 0.15) is 30.4 Å². The minimum Gasteiger partial charge on any atom is -0.497 e. The highest BCUT2D eigenvalue weighted by Crippen LogP contribution is 2.44. The third kappa shape index (κ3) is 6.19. The highest BCUT2D eigenvalue weighted by Gasteiger charge is 2.45. The maximum Gasteiger partial charge on any atom is 0.260 e. The zero-order chi connectivity index (χ0) is 29.1. The van der Waals surface area contributed by atoms with Crippen LogP contribution in [0.3, 0.4) is 0 Å². The zero-order valence-electron chi connectivity index (χ0n) is 23.8. The Bertz CT molecular complexity index is 1420. The lowest BCUT2D eigenvalue weighted by Crippen LogP contribution is -2.55. The van der Waals surface area contributed by atoms with Crippen molar-refractivity contribution in [3.8, 4) is 5.75 Å². The standard InChI is InChI=1S/C34H36FN3O3S/c1-41-29-14-12-28(13-15-29)36-17-19-37(20-18-36)33(39)26-9-16-31-30(22-26)38(23-25-7-10-27(35)11-8-25)34(40)32(42-31)21-24-5-3-2-4-6-24/h2-8,10-15,21,26,30-31H,9,16-20,22-23H2,1H3/b32-21-. The van der Waals surface area contributed by atoms with Gasteiger partial charge in [-0.05, 0) is 72.9 Å². The summed E-state index contributed by atoms with van der Waals surface area (Å²) in [5.74, 6) is 0.613. The molecule has 3 aliphatic rings. The van der Waals surface area contributed by atoms with Crippen molar-refractivity contribution in [1.29, 1.82) is 0 Å². The molecule has 1 saturated carbocycles. The molecule has 6 rings (SSSR count). The first-order valence-electron chi connectivity index (χ1n) is 14.6. The van der Waals surface area contributed by atoms with Gasteiger partial charge in [-0.1, -0.05) is 42.5 Å². The van der Waals surface area contributed by atoms with Gasteiger partial charge >= 0.3 is 0 Å². The van der Waals surface area contributed by atoms with E-state index in [9.17, 15) is 14.0 Å². The maximum atomic E-state index is 13.9. The average Bonchev–Trinajstić information content (AvgIpc) is 3.04. The molecule has 0 N–H and O–H groups in total. The van der Waals surface area contributed by atoms with Crippen molar-refractivity contribution < 1.29 is 18.7 Å². The first-order chi connectivity index (χ1) is 20.5. The molecule has 3 aromatic carbocycles. The van der Waals surface area contributed by atoms with Crippen molar-refractivity contribution in [2.75, 3.05) is 38.2 Å². The molecule has 218 valence electrons. The zero-order valence-corrected chi connectivity index (χ0v) is 24.6. The lowest BCUT2D eigenvalue weighted by Gasteiger charge is -2.47. The second-order valence-corrected chi connectivity index (χ2v) is 12.5. The molecule has 0 bridgehead atoms. The summed E-state index contributed by atoms with van der Waals surface area (Å²) in [6, 6.07) is 24.3. The van der Waals surface area contributed by atoms with Crippen molar-refractivity contribution in [1.82, 2.24) is 9.80 Å². The number of piperazine rings is 1. The van der Waals surface area contributed by atoms with Gasteiger partial charge in [-0.25, -0.2) is 4.39 Å². The number of carbonyl (C=O) groups is 2. The Morgan fingerprint density at radius 2 is 1.67 bits per heavy atom. The van der Waals surface area contributed by atoms with Crippen molar-refractivity contribution >= 4 is 35.3 Å². The summed E-state index contributed by atoms with van der Waals surface area (Å²) in [6.45, 7) is 3.35. The number of rotatable bonds is 6. The minimum atomic E-state index is -0.294. The molecule has 2 aliphatic heterocycles. The number of ether oxygens (including phenoxy) is 1. The molecular weight excluding hydrogens is 549 g/mol. The Morgan fingerprint density at radius 1 is 0.952 bits per heavy atom. The van der Waals surface area contributed by atoms with Crippen LogP contribution in [0.25, 0.3) is 6.08 Å². The van der Waals surface area contributed by atoms with E-state index in [1.54, 1.807) is 31.0 Å². The van der Waals surface area contributed by atoms with E-state index in [0.717, 1.165) is 53.4 Å². The fourth-order valence-corrected chi connectivity index (χ4v) is 7.74. The van der Waals surface area contributed by atoms with Gasteiger partial charge in [0, 0.05) is 55.6 Å². The Balaban J connectivity index is 1.16. The largest absolute Gasteiger partial charge is 0.497 e. The van der Waals surface area contributed by atoms with Crippen LogP contribution in [0.5, 0.6) is 5.75 Å². The van der Waals surface area contributed by atoms with E-state index in [-0.39, 0.29) is 34.8 Å². The van der Waals surface area contributed by atoms with Crippen molar-refractivity contribution in [3.05, 3.63) is 101 Å². The Labute approximate surface area is 251 Å². The number of methoxy groups -OCH3 is 1. The van der Waals surface area contributed by atoms with E-state index in [1.165, 1.54) is 12.1 Å². The summed E-state index contributed by atoms with van der Waals surface area (Å²) in [6.07, 6.45) is 4.32. The number of benzene rings is 3. The van der Waals surface area contributed by atoms with Gasteiger partial charge in [0.25, 0.3) is 5.91 Å². The van der Waals surface area contributed by atoms with Gasteiger partial charge in [0.05, 0.1) is 12.0 Å². The third-order valence-corrected chi connectivity index (χ3v) is 10.0. The van der Waals surface area contributed by atoms with E-state index in [4.69, 9.17) is 4.74 Å². The van der Waals surface area contributed by atoms with Crippen LogP contribution in [-0.4, -0.2) is 66.2 Å². The Morgan fingerprint density at radius 3 is 2.36 bits per heavy atom. The van der Waals surface area contributed by atoms with E-state index in [2.05, 4.69) is 17.0 Å². The molecule has 0 aromatic heterocycles. The van der Waals surface area contributed by atoms with Crippen LogP contribution in [-0.2, 0) is 16.1 Å². The normalized spacial score (nSPS) is 23.6. The Hall–Kier alpha value is -3.78. The van der Waals surface area contributed by atoms with E-state index < -0.39 is 0 Å². The molecule has 0 radical (unpaired) electrons. The molecule has 3 atom stereocenters. The highest BCUT2D eigenvalue weighted by molar-refractivity contribution is 8.04. The summed E-state index contributed by atoms with van der Waals surface area (Å²) in [4.78, 5) is 34.6. The molecule has 42 heavy (non-hydrogen) atoms. The molecule has 1 aliphatic carbocycles. The summed E-state index contributed by atoms with van der Waals surface area (Å²) in [5.41, 5.74) is 3.01. The monoisotopic (exact) mass is 585 g/mol. The van der Waals surface area contributed by atoms with Gasteiger partial charge in [-0.3, -0.25) is 9.59 Å². The lowest BCUT2D eigenvalue weighted by atomic mass is 9.83. The van der Waals surface area contributed by atoms with Gasteiger partial charge in [0.15, 0.2) is 0 Å². The van der Waals surface area contributed by atoms with Gasteiger partial charge in [-0.2, -0.15) is 0 Å². The molecule has 8 heteroatoms. The number of fused-ring (bicyclic) bond motifs is 1. The van der Waals surface area contributed by atoms with Crippen LogP contribution in [0, 0.1) is 11.7 Å². The van der Waals surface area contributed by atoms with Crippen molar-refractivity contribution in [2.45, 2.75) is 37.1 Å². The lowest BCUT2D eigenvalue weighted by molar-refractivity contribution is -0.140. The highest BCUT2D eigenvalue weighted by atomic mass is 32.2. The molecule has 2 amide bonds. The molecular formula is C34H36FN3O3S. The second kappa shape index (κ2) is 12.6. The molecule has 3 aromatic rings. The quantitative estimate of drug-likeness (QED) is 0.341. The van der Waals surface area contributed by atoms with Gasteiger partial charge in [0.2, 0.25) is 5.91 Å². The molecule has 2 heterocycles. The first kappa shape index (κ1) is 28.3. The first-order valence-corrected chi connectivity index (χ1v) is 15.5. The fourth-order valence-electron chi connectivity index (χ4n) is 6.32. The van der Waals surface area contributed by atoms with Gasteiger partial charge in [0.1, 0.15) is 11.6 Å². The van der Waals surface area contributed by atoms with Crippen LogP contribution in [0.15, 0.2) is 83.8 Å². The fraction of sp³-hybridized carbons (Fsp3) is 0.353. The minimum absolute atomic E-state index is 0.0179. The third-order valence-electron chi connectivity index (χ3n) is 8.65. The van der Waals surface area contributed by atoms with E-state index >= 15 is 0 Å². The number of anilines is 1. The van der Waals surface area contributed by atoms with Crippen molar-refractivity contribution in [3.63, 3.8) is 0 Å². The summed E-state index contributed by atoms with van der Waals surface area (Å²) in [5, 5.41) is 0.217. The van der Waals surface area contributed by atoms with Crippen LogP contribution >= 0.6 is 11.8 Å². The predicted molar refractivity (Wildman–Crippen MR) is 166 cm³/mol. The number of thioether (sulfide) groups is 1. The maximum absolute atomic E-state index is 13.9. The predicted octanol–water partition coefficient (Wildman–Crippen LogP) is 5.84. The SMILES string of the molecule is COc1ccc(N2CCN(C(=O)C3CCC4S/C(=C\c5ccccc5)C(=O)N(Cc5ccc(F)cc5)C4C3)CC2)cc1. The number of halogens is 1. The summed E-state index contributed by atoms with van der Waals surface area (Å²) in [7, 11) is 1.66. The van der Waals surface area contributed by atoms with Gasteiger partial charge in [-0.15, -0.1) is 11.8 Å². The second-order valence-electron chi connectivity index (χ2n) is 11.2. The number of amides is 2. The van der Waals surface area contributed by atoms with Crippen LogP contribution in [0.2, 0.25) is 0 Å². The number of nitrogens with zero attached hydrogens (tertiary/aromatic N) is 3. The average molecular weight is 586 g/mol. The molecule has 6 nitrogen and oxygen atoms in total. The van der Waals surface area contributed by atoms with Crippen LogP contribution in [0.4, 0.5) is 10.1 Å². The smallest absolute Gasteiger partial charge is 0.260 e. The summed E-state index contributed by atoms with van der Waals surface area (Å²) >= 11 is 1.65. The van der Waals surface area contributed by atoms with Gasteiger partial charge < -0.3 is 19.4 Å².